The number of anilines is 2. The number of rotatable bonds is 7. The van der Waals surface area contributed by atoms with Crippen LogP contribution in [0.4, 0.5) is 11.4 Å². The molecule has 0 unspecified atom stereocenters. The Kier molecular flexibility index (Phi) is 7.99. The van der Waals surface area contributed by atoms with E-state index in [2.05, 4.69) is 51.9 Å². The van der Waals surface area contributed by atoms with E-state index in [1.807, 2.05) is 89.8 Å². The molecule has 8 aromatic rings. The van der Waals surface area contributed by atoms with Crippen molar-refractivity contribution in [2.75, 3.05) is 19.1 Å². The Morgan fingerprint density at radius 3 is 1.92 bits per heavy atom. The highest BCUT2D eigenvalue weighted by atomic mass is 32.1. The van der Waals surface area contributed by atoms with Gasteiger partial charge in [0.15, 0.2) is 0 Å². The lowest BCUT2D eigenvalue weighted by molar-refractivity contribution is 0.417. The third kappa shape index (κ3) is 4.98. The van der Waals surface area contributed by atoms with Gasteiger partial charge in [-0.1, -0.05) is 78.9 Å². The molecule has 2 heterocycles. The predicted octanol–water partition coefficient (Wildman–Crippen LogP) is 10.1. The van der Waals surface area contributed by atoms with Crippen molar-refractivity contribution in [1.82, 2.24) is 17.5 Å². The van der Waals surface area contributed by atoms with Crippen LogP contribution in [0.2, 0.25) is 0 Å². The van der Waals surface area contributed by atoms with Crippen LogP contribution in [0.15, 0.2) is 125 Å². The molecule has 0 amide bonds. The number of allylic oxidation sites excluding steroid dienone is 4. The normalized spacial score (nSPS) is 14.0. The van der Waals surface area contributed by atoms with E-state index in [-0.39, 0.29) is 5.71 Å². The molecule has 2 aromatic heterocycles. The lowest BCUT2D eigenvalue weighted by Gasteiger charge is -2.31. The molecule has 0 bridgehead atoms. The Morgan fingerprint density at radius 2 is 1.25 bits per heavy atom. The molecule has 0 saturated carbocycles. The molecule has 52 heavy (non-hydrogen) atoms. The van der Waals surface area contributed by atoms with Gasteiger partial charge in [-0.05, 0) is 75.8 Å². The Hall–Kier alpha value is -5.95. The number of benzene rings is 6. The van der Waals surface area contributed by atoms with E-state index < -0.39 is 0 Å². The first-order valence-corrected chi connectivity index (χ1v) is 18.1. The number of hydrogen-bond donors (Lipinski definition) is 2. The van der Waals surface area contributed by atoms with Crippen LogP contribution < -0.4 is 14.4 Å². The molecular formula is C40H27N7O2S3. The summed E-state index contributed by atoms with van der Waals surface area (Å²) in [6.45, 7) is 0. The first-order valence-electron chi connectivity index (χ1n) is 16.2. The number of aromatic nitrogens is 4. The lowest BCUT2D eigenvalue weighted by atomic mass is 9.85. The minimum Gasteiger partial charge on any atom is -0.496 e. The van der Waals surface area contributed by atoms with E-state index >= 15 is 0 Å². The molecule has 1 N–H and O–H groups in total. The van der Waals surface area contributed by atoms with Crippen molar-refractivity contribution < 1.29 is 9.47 Å². The van der Waals surface area contributed by atoms with Crippen LogP contribution in [0, 0.1) is 5.41 Å². The summed E-state index contributed by atoms with van der Waals surface area (Å²) in [7, 11) is 3.26. The third-order valence-corrected chi connectivity index (χ3v) is 10.6. The van der Waals surface area contributed by atoms with E-state index in [1.165, 1.54) is 0 Å². The van der Waals surface area contributed by atoms with E-state index in [9.17, 15) is 5.41 Å². The fraction of sp³-hybridized carbons (Fsp3) is 0.0500. The van der Waals surface area contributed by atoms with Crippen LogP contribution in [0.25, 0.3) is 60.3 Å². The molecule has 1 aliphatic carbocycles. The predicted molar refractivity (Wildman–Crippen MR) is 217 cm³/mol. The van der Waals surface area contributed by atoms with Crippen molar-refractivity contribution in [2.45, 2.75) is 0 Å². The Balaban J connectivity index is 1.34. The average molecular weight is 734 g/mol. The molecule has 0 radical (unpaired) electrons. The Labute approximate surface area is 311 Å². The fourth-order valence-corrected chi connectivity index (χ4v) is 8.38. The molecule has 9 nitrogen and oxygen atoms in total. The van der Waals surface area contributed by atoms with Gasteiger partial charge in [0, 0.05) is 11.6 Å². The van der Waals surface area contributed by atoms with E-state index in [0.29, 0.717) is 56.3 Å². The van der Waals surface area contributed by atoms with Crippen molar-refractivity contribution in [1.29, 1.82) is 5.41 Å². The molecule has 6 aromatic carbocycles. The quantitative estimate of drug-likeness (QED) is 0.0953. The zero-order chi connectivity index (χ0) is 35.3. The maximum absolute atomic E-state index is 9.78. The first-order chi connectivity index (χ1) is 25.6. The summed E-state index contributed by atoms with van der Waals surface area (Å²) >= 11 is 6.74. The van der Waals surface area contributed by atoms with Crippen LogP contribution in [-0.4, -0.2) is 43.1 Å². The summed E-state index contributed by atoms with van der Waals surface area (Å²) in [5, 5.41) is 14.1. The van der Waals surface area contributed by atoms with Gasteiger partial charge in [-0.15, -0.1) is 0 Å². The van der Waals surface area contributed by atoms with Gasteiger partial charge in [0.2, 0.25) is 0 Å². The first kappa shape index (κ1) is 32.0. The van der Waals surface area contributed by atoms with Gasteiger partial charge < -0.3 is 14.4 Å². The highest BCUT2D eigenvalue weighted by molar-refractivity contribution is 7.79. The van der Waals surface area contributed by atoms with Gasteiger partial charge >= 0.3 is 0 Å². The summed E-state index contributed by atoms with van der Waals surface area (Å²) < 4.78 is 35.2. The van der Waals surface area contributed by atoms with E-state index in [0.717, 1.165) is 67.3 Å². The maximum atomic E-state index is 9.78. The summed E-state index contributed by atoms with van der Waals surface area (Å²) in [5.41, 5.74) is 8.60. The molecule has 0 atom stereocenters. The molecule has 0 fully saturated rings. The van der Waals surface area contributed by atoms with Gasteiger partial charge in [-0.25, -0.2) is 4.40 Å². The number of fused-ring (bicyclic) bond motifs is 4. The highest BCUT2D eigenvalue weighted by Crippen LogP contribution is 2.47. The zero-order valence-electron chi connectivity index (χ0n) is 27.7. The van der Waals surface area contributed by atoms with Gasteiger partial charge in [-0.2, -0.15) is 17.5 Å². The molecule has 0 spiro atoms. The lowest BCUT2D eigenvalue weighted by Crippen LogP contribution is -2.30. The molecule has 252 valence electrons. The number of hydrogen-bond acceptors (Lipinski definition) is 12. The van der Waals surface area contributed by atoms with Crippen LogP contribution in [0.3, 0.4) is 0 Å². The Bertz CT molecular complexity index is 2770. The minimum absolute atomic E-state index is 0.223. The molecule has 0 saturated heterocycles. The minimum atomic E-state index is 0.223. The Morgan fingerprint density at radius 1 is 0.635 bits per heavy atom. The second-order valence-corrected chi connectivity index (χ2v) is 13.3. The van der Waals surface area contributed by atoms with Gasteiger partial charge in [-0.3, -0.25) is 5.41 Å². The summed E-state index contributed by atoms with van der Waals surface area (Å²) in [6.07, 6.45) is 3.98. The van der Waals surface area contributed by atoms with Crippen molar-refractivity contribution in [3.63, 3.8) is 0 Å². The van der Waals surface area contributed by atoms with Crippen LogP contribution in [0.1, 0.15) is 5.56 Å². The van der Waals surface area contributed by atoms with E-state index in [1.54, 1.807) is 14.2 Å². The summed E-state index contributed by atoms with van der Waals surface area (Å²) in [4.78, 5) is 2.00. The SMILES string of the molecule is COc1cc(N(C2=CC=C(c3c4ccccc4cc4ccccc34)C(=N)/C2=N\S)c2ccc(OC)c3nsnc23)c2nsnc2c1-c1ccccc1. The molecule has 1 aliphatic rings. The van der Waals surface area contributed by atoms with Crippen molar-refractivity contribution in [2.24, 2.45) is 4.40 Å². The highest BCUT2D eigenvalue weighted by Gasteiger charge is 2.33. The van der Waals surface area contributed by atoms with Crippen LogP contribution >= 0.6 is 36.3 Å². The number of thiol groups is 1. The average Bonchev–Trinajstić information content (AvgIpc) is 3.89. The maximum Gasteiger partial charge on any atom is 0.148 e. The fourth-order valence-electron chi connectivity index (χ4n) is 7.06. The monoisotopic (exact) mass is 733 g/mol. The number of nitrogens with one attached hydrogen (secondary N) is 1. The van der Waals surface area contributed by atoms with E-state index in [4.69, 9.17) is 22.6 Å². The zero-order valence-corrected chi connectivity index (χ0v) is 30.3. The largest absolute Gasteiger partial charge is 0.496 e. The van der Waals surface area contributed by atoms with Gasteiger partial charge in [0.05, 0.1) is 66.0 Å². The molecular weight excluding hydrogens is 707 g/mol. The van der Waals surface area contributed by atoms with Crippen molar-refractivity contribution in [3.8, 4) is 22.6 Å². The number of methoxy groups -OCH3 is 2. The standard InChI is InChI=1S/C40H27N7O2S3/c1-48-31-19-18-29(37-39(31)45-51-43-37)47(30-21-32(49-2)33(22-10-4-3-5-11-22)40-38(30)44-52-46-40)28-17-16-27(35(41)36(28)42-50)34-25-14-8-6-12-23(25)20-24-13-7-9-15-26(24)34/h3-21,41,50H,1-2H3/b41-35?,42-36-. The second kappa shape index (κ2) is 13.0. The third-order valence-electron chi connectivity index (χ3n) is 9.36. The second-order valence-electron chi connectivity index (χ2n) is 12.0. The smallest absolute Gasteiger partial charge is 0.148 e. The van der Waals surface area contributed by atoms with Crippen LogP contribution in [-0.2, 0) is 0 Å². The molecule has 9 rings (SSSR count). The van der Waals surface area contributed by atoms with Gasteiger partial charge in [0.25, 0.3) is 0 Å². The van der Waals surface area contributed by atoms with Crippen molar-refractivity contribution in [3.05, 3.63) is 127 Å². The molecule has 0 aliphatic heterocycles. The molecule has 12 heteroatoms. The summed E-state index contributed by atoms with van der Waals surface area (Å²) in [6, 6.07) is 34.5. The number of nitrogens with zero attached hydrogens (tertiary/aromatic N) is 6. The van der Waals surface area contributed by atoms with Gasteiger partial charge in [0.1, 0.15) is 39.3 Å². The number of ether oxygens (including phenoxy) is 2. The topological polar surface area (TPSA) is 109 Å². The van der Waals surface area contributed by atoms with Crippen molar-refractivity contribution >= 4 is 108 Å². The van der Waals surface area contributed by atoms with Crippen LogP contribution in [0.5, 0.6) is 11.5 Å². The summed E-state index contributed by atoms with van der Waals surface area (Å²) in [5.74, 6) is 1.21.